The third kappa shape index (κ3) is 5.10. The molecule has 130 valence electrons. The topological polar surface area (TPSA) is 90.3 Å². The van der Waals surface area contributed by atoms with E-state index in [-0.39, 0.29) is 21.3 Å². The highest BCUT2D eigenvalue weighted by Crippen LogP contribution is 2.27. The minimum absolute atomic E-state index is 0.170. The molecule has 0 atom stereocenters. The molecule has 0 spiro atoms. The maximum atomic E-state index is 12.3. The van der Waals surface area contributed by atoms with Crippen LogP contribution in [0, 0.1) is 11.3 Å². The van der Waals surface area contributed by atoms with Crippen LogP contribution >= 0.6 is 23.2 Å². The van der Waals surface area contributed by atoms with Gasteiger partial charge in [-0.25, -0.2) is 8.42 Å². The van der Waals surface area contributed by atoms with E-state index < -0.39 is 22.5 Å². The summed E-state index contributed by atoms with van der Waals surface area (Å²) in [5.41, 5.74) is 0.740. The van der Waals surface area contributed by atoms with E-state index >= 15 is 0 Å². The first-order valence-electron chi connectivity index (χ1n) is 6.93. The van der Waals surface area contributed by atoms with Crippen LogP contribution in [0.1, 0.15) is 5.56 Å². The maximum Gasteiger partial charge on any atom is 0.245 e. The van der Waals surface area contributed by atoms with Crippen molar-refractivity contribution in [1.82, 2.24) is 0 Å². The molecule has 0 aliphatic carbocycles. The van der Waals surface area contributed by atoms with Crippen LogP contribution in [0.25, 0.3) is 0 Å². The van der Waals surface area contributed by atoms with Gasteiger partial charge in [0.1, 0.15) is 12.6 Å². The van der Waals surface area contributed by atoms with E-state index in [2.05, 4.69) is 5.32 Å². The normalized spacial score (nSPS) is 10.8. The first-order chi connectivity index (χ1) is 11.7. The molecule has 0 radical (unpaired) electrons. The summed E-state index contributed by atoms with van der Waals surface area (Å²) in [6.45, 7) is -0.491. The Balaban J connectivity index is 2.29. The summed E-state index contributed by atoms with van der Waals surface area (Å²) in [6, 6.07) is 12.6. The lowest BCUT2D eigenvalue weighted by atomic mass is 10.2. The van der Waals surface area contributed by atoms with Gasteiger partial charge in [0.05, 0.1) is 23.2 Å². The molecule has 9 heteroatoms. The number of carbonyl (C=O) groups is 1. The smallest absolute Gasteiger partial charge is 0.245 e. The number of sulfonamides is 1. The van der Waals surface area contributed by atoms with Crippen LogP contribution in [0.15, 0.2) is 42.5 Å². The lowest BCUT2D eigenvalue weighted by Gasteiger charge is -2.22. The first-order valence-corrected chi connectivity index (χ1v) is 9.54. The van der Waals surface area contributed by atoms with Crippen molar-refractivity contribution in [2.24, 2.45) is 0 Å². The quantitative estimate of drug-likeness (QED) is 0.837. The predicted molar refractivity (Wildman–Crippen MR) is 98.4 cm³/mol. The fourth-order valence-electron chi connectivity index (χ4n) is 2.09. The van der Waals surface area contributed by atoms with Crippen molar-refractivity contribution < 1.29 is 13.2 Å². The minimum Gasteiger partial charge on any atom is -0.323 e. The highest BCUT2D eigenvalue weighted by atomic mass is 35.5. The van der Waals surface area contributed by atoms with Gasteiger partial charge in [0.2, 0.25) is 15.9 Å². The number of hydrogen-bond donors (Lipinski definition) is 1. The molecule has 0 fully saturated rings. The molecule has 0 aliphatic rings. The molecule has 1 amide bonds. The number of carbonyl (C=O) groups excluding carboxylic acids is 1. The molecule has 0 saturated heterocycles. The summed E-state index contributed by atoms with van der Waals surface area (Å²) in [5.74, 6) is -0.607. The van der Waals surface area contributed by atoms with Gasteiger partial charge in [-0.2, -0.15) is 5.26 Å². The fourth-order valence-corrected chi connectivity index (χ4v) is 3.45. The van der Waals surface area contributed by atoms with Crippen molar-refractivity contribution in [2.75, 3.05) is 22.4 Å². The van der Waals surface area contributed by atoms with E-state index in [4.69, 9.17) is 28.5 Å². The van der Waals surface area contributed by atoms with Crippen LogP contribution in [-0.2, 0) is 14.8 Å². The second-order valence-corrected chi connectivity index (χ2v) is 7.88. The maximum absolute atomic E-state index is 12.3. The third-order valence-corrected chi connectivity index (χ3v) is 4.72. The van der Waals surface area contributed by atoms with Gasteiger partial charge >= 0.3 is 0 Å². The first kappa shape index (κ1) is 19.1. The zero-order chi connectivity index (χ0) is 18.6. The molecule has 25 heavy (non-hydrogen) atoms. The standard InChI is InChI=1S/C16H13Cl2N3O3S/c1-25(23,24)21(14-7-12(17)6-13(18)8-14)10-16(22)20-15-5-3-2-4-11(15)9-19/h2-8H,10H2,1H3,(H,20,22). The van der Waals surface area contributed by atoms with Crippen LogP contribution in [0.4, 0.5) is 11.4 Å². The van der Waals surface area contributed by atoms with E-state index in [1.54, 1.807) is 24.3 Å². The Bertz CT molecular complexity index is 935. The average Bonchev–Trinajstić information content (AvgIpc) is 2.51. The average molecular weight is 398 g/mol. The van der Waals surface area contributed by atoms with E-state index in [1.807, 2.05) is 6.07 Å². The van der Waals surface area contributed by atoms with Crippen molar-refractivity contribution in [3.05, 3.63) is 58.1 Å². The molecular weight excluding hydrogens is 385 g/mol. The third-order valence-electron chi connectivity index (χ3n) is 3.14. The van der Waals surface area contributed by atoms with Gasteiger partial charge in [0.15, 0.2) is 0 Å². The molecule has 1 N–H and O–H groups in total. The van der Waals surface area contributed by atoms with Crippen molar-refractivity contribution in [2.45, 2.75) is 0 Å². The Morgan fingerprint density at radius 3 is 2.36 bits per heavy atom. The van der Waals surface area contributed by atoms with Gasteiger partial charge in [-0.05, 0) is 30.3 Å². The number of benzene rings is 2. The van der Waals surface area contributed by atoms with Crippen LogP contribution in [0.2, 0.25) is 10.0 Å². The van der Waals surface area contributed by atoms with E-state index in [1.165, 1.54) is 18.2 Å². The van der Waals surface area contributed by atoms with Gasteiger partial charge in [0, 0.05) is 10.0 Å². The molecule has 0 unspecified atom stereocenters. The number of anilines is 2. The monoisotopic (exact) mass is 397 g/mol. The summed E-state index contributed by atoms with van der Waals surface area (Å²) in [7, 11) is -3.76. The second kappa shape index (κ2) is 7.74. The summed E-state index contributed by atoms with van der Waals surface area (Å²) in [6.07, 6.45) is 0.971. The lowest BCUT2D eigenvalue weighted by molar-refractivity contribution is -0.114. The Kier molecular flexibility index (Phi) is 5.90. The number of nitrogens with zero attached hydrogens (tertiary/aromatic N) is 2. The number of nitriles is 1. The number of nitrogens with one attached hydrogen (secondary N) is 1. The summed E-state index contributed by atoms with van der Waals surface area (Å²) >= 11 is 11.8. The van der Waals surface area contributed by atoms with Crippen molar-refractivity contribution >= 4 is 50.5 Å². The molecule has 0 heterocycles. The predicted octanol–water partition coefficient (Wildman–Crippen LogP) is 3.27. The Morgan fingerprint density at radius 1 is 1.20 bits per heavy atom. The molecule has 0 aliphatic heterocycles. The second-order valence-electron chi connectivity index (χ2n) is 5.10. The highest BCUT2D eigenvalue weighted by molar-refractivity contribution is 7.92. The summed E-state index contributed by atoms with van der Waals surface area (Å²) in [5, 5.41) is 12.1. The van der Waals surface area contributed by atoms with Gasteiger partial charge in [-0.3, -0.25) is 9.10 Å². The lowest BCUT2D eigenvalue weighted by Crippen LogP contribution is -2.37. The molecule has 0 bridgehead atoms. The van der Waals surface area contributed by atoms with Crippen molar-refractivity contribution in [1.29, 1.82) is 5.26 Å². The van der Waals surface area contributed by atoms with Crippen molar-refractivity contribution in [3.8, 4) is 6.07 Å². The van der Waals surface area contributed by atoms with Gasteiger partial charge in [-0.15, -0.1) is 0 Å². The van der Waals surface area contributed by atoms with E-state index in [9.17, 15) is 13.2 Å². The Hall–Kier alpha value is -2.27. The fraction of sp³-hybridized carbons (Fsp3) is 0.125. The number of hydrogen-bond acceptors (Lipinski definition) is 4. The van der Waals surface area contributed by atoms with Crippen LogP contribution in [-0.4, -0.2) is 27.1 Å². The number of amides is 1. The molecule has 0 saturated carbocycles. The zero-order valence-corrected chi connectivity index (χ0v) is 15.4. The van der Waals surface area contributed by atoms with E-state index in [0.29, 0.717) is 5.69 Å². The van der Waals surface area contributed by atoms with Gasteiger partial charge in [0.25, 0.3) is 0 Å². The number of halogens is 2. The number of rotatable bonds is 5. The Morgan fingerprint density at radius 2 is 1.80 bits per heavy atom. The van der Waals surface area contributed by atoms with Crippen LogP contribution in [0.3, 0.4) is 0 Å². The van der Waals surface area contributed by atoms with Crippen LogP contribution < -0.4 is 9.62 Å². The van der Waals surface area contributed by atoms with Gasteiger partial charge < -0.3 is 5.32 Å². The zero-order valence-electron chi connectivity index (χ0n) is 13.0. The molecule has 2 aromatic carbocycles. The van der Waals surface area contributed by atoms with Crippen LogP contribution in [0.5, 0.6) is 0 Å². The SMILES string of the molecule is CS(=O)(=O)N(CC(=O)Nc1ccccc1C#N)c1cc(Cl)cc(Cl)c1. The summed E-state index contributed by atoms with van der Waals surface area (Å²) < 4.78 is 25.0. The van der Waals surface area contributed by atoms with Crippen molar-refractivity contribution in [3.63, 3.8) is 0 Å². The minimum atomic E-state index is -3.76. The molecular formula is C16H13Cl2N3O3S. The highest BCUT2D eigenvalue weighted by Gasteiger charge is 2.22. The number of para-hydroxylation sites is 1. The molecule has 2 rings (SSSR count). The molecule has 0 aromatic heterocycles. The molecule has 6 nitrogen and oxygen atoms in total. The summed E-state index contributed by atoms with van der Waals surface area (Å²) in [4.78, 5) is 12.3. The van der Waals surface area contributed by atoms with E-state index in [0.717, 1.165) is 10.6 Å². The molecule has 2 aromatic rings. The van der Waals surface area contributed by atoms with Gasteiger partial charge in [-0.1, -0.05) is 35.3 Å². The Labute approximate surface area is 155 Å². The largest absolute Gasteiger partial charge is 0.323 e.